The quantitative estimate of drug-likeness (QED) is 0.604. The summed E-state index contributed by atoms with van der Waals surface area (Å²) in [6, 6.07) is 2.04. The van der Waals surface area contributed by atoms with E-state index in [1.54, 1.807) is 0 Å². The fraction of sp³-hybridized carbons (Fsp3) is 0.444. The van der Waals surface area contributed by atoms with Gasteiger partial charge in [0.15, 0.2) is 0 Å². The number of pyridine rings is 1. The summed E-state index contributed by atoms with van der Waals surface area (Å²) >= 11 is 0. The van der Waals surface area contributed by atoms with Crippen LogP contribution < -0.4 is 4.74 Å². The topological polar surface area (TPSA) is 22.1 Å². The molecule has 1 aromatic heterocycles. The van der Waals surface area contributed by atoms with Crippen LogP contribution in [0.3, 0.4) is 0 Å². The summed E-state index contributed by atoms with van der Waals surface area (Å²) in [6.07, 6.45) is 3.93. The predicted octanol–water partition coefficient (Wildman–Crippen LogP) is 1.58. The summed E-state index contributed by atoms with van der Waals surface area (Å²) in [5, 5.41) is 0. The van der Waals surface area contributed by atoms with E-state index in [2.05, 4.69) is 11.9 Å². The number of rotatable bonds is 1. The molecule has 1 aliphatic rings. The molecule has 11 heavy (non-hydrogen) atoms. The van der Waals surface area contributed by atoms with Gasteiger partial charge in [-0.05, 0) is 6.42 Å². The van der Waals surface area contributed by atoms with Crippen LogP contribution in [0.25, 0.3) is 0 Å². The summed E-state index contributed by atoms with van der Waals surface area (Å²) in [6.45, 7) is 2.92. The van der Waals surface area contributed by atoms with Crippen LogP contribution >= 0.6 is 0 Å². The number of fused-ring (bicyclic) bond motifs is 1. The van der Waals surface area contributed by atoms with Crippen molar-refractivity contribution < 1.29 is 4.74 Å². The molecule has 0 unspecified atom stereocenters. The maximum absolute atomic E-state index is 5.40. The highest BCUT2D eigenvalue weighted by molar-refractivity contribution is 5.35. The van der Waals surface area contributed by atoms with Gasteiger partial charge in [-0.3, -0.25) is 4.98 Å². The zero-order valence-corrected chi connectivity index (χ0v) is 6.63. The third kappa shape index (κ3) is 1.09. The van der Waals surface area contributed by atoms with Crippen LogP contribution in [-0.4, -0.2) is 11.6 Å². The van der Waals surface area contributed by atoms with E-state index >= 15 is 0 Å². The molecule has 0 aliphatic carbocycles. The molecule has 0 fully saturated rings. The minimum Gasteiger partial charge on any atom is -0.493 e. The number of ether oxygens (including phenoxy) is 1. The van der Waals surface area contributed by atoms with Gasteiger partial charge in [0.1, 0.15) is 5.75 Å². The molecule has 1 aromatic rings. The Labute approximate surface area is 66.2 Å². The van der Waals surface area contributed by atoms with E-state index < -0.39 is 0 Å². The second-order valence-electron chi connectivity index (χ2n) is 2.74. The molecule has 0 N–H and O–H groups in total. The second-order valence-corrected chi connectivity index (χ2v) is 2.74. The van der Waals surface area contributed by atoms with Gasteiger partial charge >= 0.3 is 0 Å². The van der Waals surface area contributed by atoms with Gasteiger partial charge in [0.05, 0.1) is 6.61 Å². The molecule has 0 spiro atoms. The van der Waals surface area contributed by atoms with Crippen LogP contribution in [0.5, 0.6) is 5.75 Å². The summed E-state index contributed by atoms with van der Waals surface area (Å²) < 4.78 is 5.40. The number of nitrogens with zero attached hydrogens (tertiary/aromatic N) is 1. The molecule has 2 heteroatoms. The van der Waals surface area contributed by atoms with Gasteiger partial charge in [0.25, 0.3) is 0 Å². The molecule has 0 bridgehead atoms. The number of aromatic nitrogens is 1. The first-order valence-electron chi connectivity index (χ1n) is 4.00. The van der Waals surface area contributed by atoms with E-state index in [9.17, 15) is 0 Å². The molecule has 58 valence electrons. The highest BCUT2D eigenvalue weighted by atomic mass is 16.5. The molecular formula is C9H11NO. The largest absolute Gasteiger partial charge is 0.493 e. The van der Waals surface area contributed by atoms with Gasteiger partial charge in [-0.15, -0.1) is 0 Å². The molecule has 0 atom stereocenters. The van der Waals surface area contributed by atoms with E-state index in [-0.39, 0.29) is 0 Å². The maximum Gasteiger partial charge on any atom is 0.125 e. The lowest BCUT2D eigenvalue weighted by atomic mass is 10.2. The fourth-order valence-electron chi connectivity index (χ4n) is 1.29. The van der Waals surface area contributed by atoms with Crippen molar-refractivity contribution in [3.05, 3.63) is 23.5 Å². The van der Waals surface area contributed by atoms with Crippen LogP contribution in [0, 0.1) is 0 Å². The Hall–Kier alpha value is -1.05. The van der Waals surface area contributed by atoms with Crippen molar-refractivity contribution in [2.75, 3.05) is 6.61 Å². The first-order valence-corrected chi connectivity index (χ1v) is 4.00. The highest BCUT2D eigenvalue weighted by Gasteiger charge is 2.11. The van der Waals surface area contributed by atoms with Crippen molar-refractivity contribution in [2.45, 2.75) is 19.8 Å². The zero-order valence-electron chi connectivity index (χ0n) is 6.63. The van der Waals surface area contributed by atoms with Crippen molar-refractivity contribution in [1.29, 1.82) is 0 Å². The van der Waals surface area contributed by atoms with Crippen molar-refractivity contribution in [1.82, 2.24) is 4.98 Å². The molecule has 0 saturated carbocycles. The van der Waals surface area contributed by atoms with E-state index in [1.807, 2.05) is 12.3 Å². The standard InChI is InChI=1S/C9H11NO/c1-2-8-5-9-7(6-10-8)3-4-11-9/h5-6H,2-4H2,1H3. The summed E-state index contributed by atoms with van der Waals surface area (Å²) in [4.78, 5) is 4.29. The van der Waals surface area contributed by atoms with Gasteiger partial charge in [0, 0.05) is 29.9 Å². The Kier molecular flexibility index (Phi) is 1.53. The second kappa shape index (κ2) is 2.53. The first kappa shape index (κ1) is 6.65. The van der Waals surface area contributed by atoms with Crippen molar-refractivity contribution in [3.8, 4) is 5.75 Å². The predicted molar refractivity (Wildman–Crippen MR) is 42.8 cm³/mol. The third-order valence-electron chi connectivity index (χ3n) is 1.99. The fourth-order valence-corrected chi connectivity index (χ4v) is 1.29. The molecule has 1 aliphatic heterocycles. The van der Waals surface area contributed by atoms with Gasteiger partial charge in [0.2, 0.25) is 0 Å². The molecule has 0 radical (unpaired) electrons. The average Bonchev–Trinajstić information content (AvgIpc) is 2.50. The smallest absolute Gasteiger partial charge is 0.125 e. The molecule has 2 rings (SSSR count). The monoisotopic (exact) mass is 149 g/mol. The van der Waals surface area contributed by atoms with E-state index in [4.69, 9.17) is 4.74 Å². The lowest BCUT2D eigenvalue weighted by molar-refractivity contribution is 0.356. The minimum absolute atomic E-state index is 0.824. The van der Waals surface area contributed by atoms with Gasteiger partial charge in [-0.1, -0.05) is 6.92 Å². The average molecular weight is 149 g/mol. The van der Waals surface area contributed by atoms with Gasteiger partial charge in [-0.25, -0.2) is 0 Å². The zero-order chi connectivity index (χ0) is 7.68. The maximum atomic E-state index is 5.40. The van der Waals surface area contributed by atoms with E-state index in [0.717, 1.165) is 30.9 Å². The highest BCUT2D eigenvalue weighted by Crippen LogP contribution is 2.24. The molecule has 2 heterocycles. The Balaban J connectivity index is 2.41. The van der Waals surface area contributed by atoms with Crippen LogP contribution in [0.2, 0.25) is 0 Å². The Morgan fingerprint density at radius 2 is 2.55 bits per heavy atom. The molecule has 0 saturated heterocycles. The molecule has 0 aromatic carbocycles. The Morgan fingerprint density at radius 1 is 1.64 bits per heavy atom. The van der Waals surface area contributed by atoms with Crippen LogP contribution in [-0.2, 0) is 12.8 Å². The van der Waals surface area contributed by atoms with Gasteiger partial charge < -0.3 is 4.74 Å². The van der Waals surface area contributed by atoms with E-state index in [1.165, 1.54) is 5.56 Å². The van der Waals surface area contributed by atoms with Crippen LogP contribution in [0.15, 0.2) is 12.3 Å². The first-order chi connectivity index (χ1) is 5.40. The summed E-state index contributed by atoms with van der Waals surface area (Å²) in [5.41, 5.74) is 2.37. The SMILES string of the molecule is CCc1cc2c(cn1)CCO2. The summed E-state index contributed by atoms with van der Waals surface area (Å²) in [7, 11) is 0. The Bertz CT molecular complexity index is 270. The van der Waals surface area contributed by atoms with E-state index in [0.29, 0.717) is 0 Å². The molecule has 2 nitrogen and oxygen atoms in total. The lowest BCUT2D eigenvalue weighted by Crippen LogP contribution is -1.88. The van der Waals surface area contributed by atoms with Crippen molar-refractivity contribution in [2.24, 2.45) is 0 Å². The normalized spacial score (nSPS) is 14.3. The number of hydrogen-bond acceptors (Lipinski definition) is 2. The minimum atomic E-state index is 0.824. The van der Waals surface area contributed by atoms with Gasteiger partial charge in [-0.2, -0.15) is 0 Å². The molecular weight excluding hydrogens is 138 g/mol. The van der Waals surface area contributed by atoms with Crippen molar-refractivity contribution in [3.63, 3.8) is 0 Å². The van der Waals surface area contributed by atoms with Crippen LogP contribution in [0.4, 0.5) is 0 Å². The molecule has 0 amide bonds. The Morgan fingerprint density at radius 3 is 3.36 bits per heavy atom. The summed E-state index contributed by atoms with van der Waals surface area (Å²) in [5.74, 6) is 1.04. The van der Waals surface area contributed by atoms with Crippen LogP contribution in [0.1, 0.15) is 18.2 Å². The lowest BCUT2D eigenvalue weighted by Gasteiger charge is -1.99. The number of aryl methyl sites for hydroxylation is 1. The van der Waals surface area contributed by atoms with Crippen molar-refractivity contribution >= 4 is 0 Å². The third-order valence-corrected chi connectivity index (χ3v) is 1.99. The number of hydrogen-bond donors (Lipinski definition) is 0.